The molecule has 1 fully saturated rings. The fourth-order valence-electron chi connectivity index (χ4n) is 4.13. The highest BCUT2D eigenvalue weighted by molar-refractivity contribution is 7.14. The number of carbonyl (C=O) groups excluding carboxylic acids is 1. The first kappa shape index (κ1) is 23.5. The van der Waals surface area contributed by atoms with Crippen LogP contribution in [-0.2, 0) is 17.6 Å². The molecule has 0 spiro atoms. The summed E-state index contributed by atoms with van der Waals surface area (Å²) in [4.78, 5) is 21.1. The Morgan fingerprint density at radius 2 is 1.88 bits per heavy atom. The maximum atomic E-state index is 13.4. The number of hydrogen-bond donors (Lipinski definition) is 1. The summed E-state index contributed by atoms with van der Waals surface area (Å²) in [7, 11) is 2.19. The highest BCUT2D eigenvalue weighted by Crippen LogP contribution is 2.29. The monoisotopic (exact) mass is 466 g/mol. The van der Waals surface area contributed by atoms with Gasteiger partial charge in [0.05, 0.1) is 11.4 Å². The van der Waals surface area contributed by atoms with E-state index in [-0.39, 0.29) is 5.91 Å². The van der Waals surface area contributed by atoms with Crippen molar-refractivity contribution in [2.24, 2.45) is 0 Å². The van der Waals surface area contributed by atoms with Gasteiger partial charge in [0.1, 0.15) is 0 Å². The first-order valence-corrected chi connectivity index (χ1v) is 12.4. The first-order valence-electron chi connectivity index (χ1n) is 11.5. The Morgan fingerprint density at radius 1 is 1.06 bits per heavy atom. The molecule has 0 saturated carbocycles. The standard InChI is InChI=1S/C26H31FN4OS/c1-30-11-13-31(14-12-30)10-3-2-5-20-6-4-7-21(15-20)16-25(32)29-26-18-23(19-33-26)22-8-9-28-24(27)17-22/h4,6-9,15,17-19H,2-3,5,10-14,16H2,1H3,(H,29,32). The average Bonchev–Trinajstić information content (AvgIpc) is 3.26. The summed E-state index contributed by atoms with van der Waals surface area (Å²) in [6, 6.07) is 13.4. The lowest BCUT2D eigenvalue weighted by Gasteiger charge is -2.32. The van der Waals surface area contributed by atoms with Crippen LogP contribution in [0.2, 0.25) is 0 Å². The van der Waals surface area contributed by atoms with Gasteiger partial charge in [-0.2, -0.15) is 4.39 Å². The number of halogens is 1. The van der Waals surface area contributed by atoms with Crippen molar-refractivity contribution in [3.05, 3.63) is 71.1 Å². The largest absolute Gasteiger partial charge is 0.317 e. The molecule has 5 nitrogen and oxygen atoms in total. The number of carbonyl (C=O) groups is 1. The molecule has 0 bridgehead atoms. The van der Waals surface area contributed by atoms with Gasteiger partial charge in [0, 0.05) is 43.8 Å². The number of aromatic nitrogens is 1. The van der Waals surface area contributed by atoms with Gasteiger partial charge in [-0.25, -0.2) is 4.98 Å². The van der Waals surface area contributed by atoms with E-state index in [0.717, 1.165) is 34.5 Å². The van der Waals surface area contributed by atoms with E-state index in [9.17, 15) is 9.18 Å². The van der Waals surface area contributed by atoms with E-state index in [4.69, 9.17) is 0 Å². The molecule has 1 saturated heterocycles. The van der Waals surface area contributed by atoms with E-state index in [0.29, 0.717) is 6.42 Å². The summed E-state index contributed by atoms with van der Waals surface area (Å²) in [6.07, 6.45) is 5.19. The molecule has 4 rings (SSSR count). The normalized spacial score (nSPS) is 15.0. The van der Waals surface area contributed by atoms with Gasteiger partial charge < -0.3 is 15.1 Å². The van der Waals surface area contributed by atoms with Gasteiger partial charge in [-0.05, 0) is 67.2 Å². The molecule has 174 valence electrons. The molecule has 1 aliphatic heterocycles. The predicted octanol–water partition coefficient (Wildman–Crippen LogP) is 4.70. The minimum atomic E-state index is -0.511. The van der Waals surface area contributed by atoms with Crippen molar-refractivity contribution in [2.45, 2.75) is 25.7 Å². The lowest BCUT2D eigenvalue weighted by molar-refractivity contribution is -0.115. The van der Waals surface area contributed by atoms with Gasteiger partial charge in [0.15, 0.2) is 0 Å². The van der Waals surface area contributed by atoms with Crippen molar-refractivity contribution in [3.63, 3.8) is 0 Å². The number of aryl methyl sites for hydroxylation is 1. The summed E-state index contributed by atoms with van der Waals surface area (Å²) < 4.78 is 13.4. The van der Waals surface area contributed by atoms with Crippen LogP contribution >= 0.6 is 11.3 Å². The molecule has 2 aromatic heterocycles. The maximum absolute atomic E-state index is 13.4. The zero-order valence-electron chi connectivity index (χ0n) is 19.1. The molecule has 1 aromatic carbocycles. The number of rotatable bonds is 9. The lowest BCUT2D eigenvalue weighted by Crippen LogP contribution is -2.44. The van der Waals surface area contributed by atoms with Crippen LogP contribution < -0.4 is 5.32 Å². The van der Waals surface area contributed by atoms with Crippen LogP contribution in [0.25, 0.3) is 11.1 Å². The second-order valence-corrected chi connectivity index (χ2v) is 9.63. The molecule has 0 atom stereocenters. The minimum Gasteiger partial charge on any atom is -0.317 e. The SMILES string of the molecule is CN1CCN(CCCCc2cccc(CC(=O)Nc3cc(-c4ccnc(F)c4)cs3)c2)CC1. The third-order valence-corrected chi connectivity index (χ3v) is 6.91. The molecule has 0 aliphatic carbocycles. The third kappa shape index (κ3) is 7.19. The van der Waals surface area contributed by atoms with Crippen LogP contribution in [0.4, 0.5) is 9.39 Å². The van der Waals surface area contributed by atoms with Crippen LogP contribution in [-0.4, -0.2) is 60.5 Å². The van der Waals surface area contributed by atoms with Gasteiger partial charge in [0.2, 0.25) is 11.9 Å². The summed E-state index contributed by atoms with van der Waals surface area (Å²) in [5.74, 6) is -0.556. The van der Waals surface area contributed by atoms with E-state index in [2.05, 4.69) is 39.3 Å². The molecule has 1 aliphatic rings. The Labute approximate surface area is 199 Å². The second-order valence-electron chi connectivity index (χ2n) is 8.71. The van der Waals surface area contributed by atoms with E-state index in [1.54, 1.807) is 6.07 Å². The van der Waals surface area contributed by atoms with Crippen molar-refractivity contribution < 1.29 is 9.18 Å². The quantitative estimate of drug-likeness (QED) is 0.367. The highest BCUT2D eigenvalue weighted by Gasteiger charge is 2.13. The van der Waals surface area contributed by atoms with Crippen molar-refractivity contribution in [1.82, 2.24) is 14.8 Å². The van der Waals surface area contributed by atoms with Gasteiger partial charge in [-0.1, -0.05) is 24.3 Å². The number of hydrogen-bond acceptors (Lipinski definition) is 5. The van der Waals surface area contributed by atoms with Gasteiger partial charge in [0.25, 0.3) is 0 Å². The number of pyridine rings is 1. The summed E-state index contributed by atoms with van der Waals surface area (Å²) >= 11 is 1.44. The zero-order valence-corrected chi connectivity index (χ0v) is 19.9. The highest BCUT2D eigenvalue weighted by atomic mass is 32.1. The van der Waals surface area contributed by atoms with Crippen molar-refractivity contribution in [2.75, 3.05) is 45.1 Å². The predicted molar refractivity (Wildman–Crippen MR) is 133 cm³/mol. The third-order valence-electron chi connectivity index (χ3n) is 6.06. The number of nitrogens with zero attached hydrogens (tertiary/aromatic N) is 3. The molecule has 7 heteroatoms. The smallest absolute Gasteiger partial charge is 0.229 e. The van der Waals surface area contributed by atoms with E-state index >= 15 is 0 Å². The molecule has 1 N–H and O–H groups in total. The minimum absolute atomic E-state index is 0.0449. The number of piperazine rings is 1. The average molecular weight is 467 g/mol. The van der Waals surface area contributed by atoms with Crippen LogP contribution in [0.15, 0.2) is 54.0 Å². The number of unbranched alkanes of at least 4 members (excludes halogenated alkanes) is 1. The first-order chi connectivity index (χ1) is 16.0. The Kier molecular flexibility index (Phi) is 8.20. The maximum Gasteiger partial charge on any atom is 0.229 e. The zero-order chi connectivity index (χ0) is 23.0. The summed E-state index contributed by atoms with van der Waals surface area (Å²) in [5, 5.41) is 5.63. The molecular formula is C26H31FN4OS. The Hall–Kier alpha value is -2.61. The van der Waals surface area contributed by atoms with E-state index in [1.165, 1.54) is 68.3 Å². The van der Waals surface area contributed by atoms with Crippen LogP contribution in [0.3, 0.4) is 0 Å². The van der Waals surface area contributed by atoms with Crippen molar-refractivity contribution in [3.8, 4) is 11.1 Å². The molecule has 1 amide bonds. The molecule has 3 aromatic rings. The van der Waals surface area contributed by atoms with Crippen molar-refractivity contribution in [1.29, 1.82) is 0 Å². The molecule has 0 radical (unpaired) electrons. The molecule has 33 heavy (non-hydrogen) atoms. The van der Waals surface area contributed by atoms with Crippen molar-refractivity contribution >= 4 is 22.2 Å². The second kappa shape index (κ2) is 11.5. The van der Waals surface area contributed by atoms with Crippen LogP contribution in [0.5, 0.6) is 0 Å². The van der Waals surface area contributed by atoms with E-state index < -0.39 is 5.95 Å². The molecule has 0 unspecified atom stereocenters. The Balaban J connectivity index is 1.23. The number of likely N-dealkylation sites (N-methyl/N-ethyl adjacent to an activating group) is 1. The fraction of sp³-hybridized carbons (Fsp3) is 0.385. The molecular weight excluding hydrogens is 435 g/mol. The molecule has 3 heterocycles. The van der Waals surface area contributed by atoms with Crippen LogP contribution in [0.1, 0.15) is 24.0 Å². The van der Waals surface area contributed by atoms with Gasteiger partial charge >= 0.3 is 0 Å². The summed E-state index contributed by atoms with van der Waals surface area (Å²) in [5.41, 5.74) is 3.93. The number of nitrogens with one attached hydrogen (secondary N) is 1. The fourth-order valence-corrected chi connectivity index (χ4v) is 4.96. The number of thiophene rings is 1. The lowest BCUT2D eigenvalue weighted by atomic mass is 10.0. The van der Waals surface area contributed by atoms with Gasteiger partial charge in [-0.3, -0.25) is 4.79 Å². The Bertz CT molecular complexity index is 1060. The van der Waals surface area contributed by atoms with E-state index in [1.807, 2.05) is 23.6 Å². The number of amides is 1. The number of benzene rings is 1. The van der Waals surface area contributed by atoms with Gasteiger partial charge in [-0.15, -0.1) is 11.3 Å². The Morgan fingerprint density at radius 3 is 2.70 bits per heavy atom. The topological polar surface area (TPSA) is 48.5 Å². The summed E-state index contributed by atoms with van der Waals surface area (Å²) in [6.45, 7) is 5.85. The van der Waals surface area contributed by atoms with Crippen LogP contribution in [0, 0.1) is 5.95 Å². The number of anilines is 1.